The van der Waals surface area contributed by atoms with Gasteiger partial charge in [0, 0.05) is 33.8 Å². The number of hydrogen-bond acceptors (Lipinski definition) is 2. The lowest BCUT2D eigenvalue weighted by molar-refractivity contribution is 0.706. The van der Waals surface area contributed by atoms with E-state index in [9.17, 15) is 0 Å². The van der Waals surface area contributed by atoms with Gasteiger partial charge in [0.1, 0.15) is 0 Å². The molecule has 0 amide bonds. The van der Waals surface area contributed by atoms with Crippen LogP contribution in [0.2, 0.25) is 5.02 Å². The van der Waals surface area contributed by atoms with Crippen molar-refractivity contribution in [3.63, 3.8) is 0 Å². The SMILES string of the molecule is Cc1cccc(C(N)Cc2ccc(Br)cn2)c1Cl. The molecule has 0 aliphatic carbocycles. The Morgan fingerprint density at radius 3 is 2.78 bits per heavy atom. The Morgan fingerprint density at radius 2 is 2.11 bits per heavy atom. The fourth-order valence-electron chi connectivity index (χ4n) is 1.82. The summed E-state index contributed by atoms with van der Waals surface area (Å²) in [4.78, 5) is 4.33. The number of rotatable bonds is 3. The van der Waals surface area contributed by atoms with Gasteiger partial charge in [-0.1, -0.05) is 29.8 Å². The first kappa shape index (κ1) is 13.5. The lowest BCUT2D eigenvalue weighted by Crippen LogP contribution is -2.14. The van der Waals surface area contributed by atoms with Crippen LogP contribution in [-0.2, 0) is 6.42 Å². The molecule has 2 rings (SSSR count). The molecule has 0 radical (unpaired) electrons. The first-order chi connectivity index (χ1) is 8.58. The van der Waals surface area contributed by atoms with Gasteiger partial charge in [0.2, 0.25) is 0 Å². The van der Waals surface area contributed by atoms with Crippen LogP contribution in [0.1, 0.15) is 22.9 Å². The second-order valence-corrected chi connectivity index (χ2v) is 5.55. The second kappa shape index (κ2) is 5.83. The number of pyridine rings is 1. The van der Waals surface area contributed by atoms with Gasteiger partial charge < -0.3 is 5.73 Å². The van der Waals surface area contributed by atoms with Crippen molar-refractivity contribution in [2.45, 2.75) is 19.4 Å². The number of halogens is 2. The first-order valence-electron chi connectivity index (χ1n) is 5.69. The van der Waals surface area contributed by atoms with Gasteiger partial charge in [-0.25, -0.2) is 0 Å². The summed E-state index contributed by atoms with van der Waals surface area (Å²) in [5.74, 6) is 0. The van der Waals surface area contributed by atoms with Gasteiger partial charge in [-0.15, -0.1) is 0 Å². The Bertz CT molecular complexity index is 540. The quantitative estimate of drug-likeness (QED) is 0.924. The minimum atomic E-state index is -0.133. The third-order valence-electron chi connectivity index (χ3n) is 2.84. The highest BCUT2D eigenvalue weighted by atomic mass is 79.9. The molecule has 0 fully saturated rings. The Labute approximate surface area is 120 Å². The molecule has 0 aliphatic rings. The zero-order valence-electron chi connectivity index (χ0n) is 10.0. The number of hydrogen-bond donors (Lipinski definition) is 1. The average Bonchev–Trinajstić information content (AvgIpc) is 2.35. The molecule has 4 heteroatoms. The summed E-state index contributed by atoms with van der Waals surface area (Å²) in [6.07, 6.45) is 2.45. The van der Waals surface area contributed by atoms with Gasteiger partial charge in [0.25, 0.3) is 0 Å². The molecule has 2 nitrogen and oxygen atoms in total. The molecule has 1 heterocycles. The summed E-state index contributed by atoms with van der Waals surface area (Å²) in [5, 5.41) is 0.752. The van der Waals surface area contributed by atoms with Gasteiger partial charge in [0.15, 0.2) is 0 Å². The fraction of sp³-hybridized carbons (Fsp3) is 0.214. The minimum Gasteiger partial charge on any atom is -0.324 e. The monoisotopic (exact) mass is 324 g/mol. The maximum absolute atomic E-state index is 6.27. The summed E-state index contributed by atoms with van der Waals surface area (Å²) < 4.78 is 0.966. The third kappa shape index (κ3) is 3.10. The van der Waals surface area contributed by atoms with Crippen LogP contribution in [0.3, 0.4) is 0 Å². The molecule has 0 saturated heterocycles. The van der Waals surface area contributed by atoms with E-state index in [-0.39, 0.29) is 6.04 Å². The maximum Gasteiger partial charge on any atom is 0.0483 e. The minimum absolute atomic E-state index is 0.133. The van der Waals surface area contributed by atoms with Crippen LogP contribution in [0.5, 0.6) is 0 Å². The highest BCUT2D eigenvalue weighted by Crippen LogP contribution is 2.26. The lowest BCUT2D eigenvalue weighted by atomic mass is 10.0. The van der Waals surface area contributed by atoms with Crippen molar-refractivity contribution < 1.29 is 0 Å². The summed E-state index contributed by atoms with van der Waals surface area (Å²) >= 11 is 9.63. The molecule has 2 N–H and O–H groups in total. The van der Waals surface area contributed by atoms with Gasteiger partial charge in [-0.05, 0) is 46.1 Å². The maximum atomic E-state index is 6.27. The third-order valence-corrected chi connectivity index (χ3v) is 3.82. The van der Waals surface area contributed by atoms with Crippen LogP contribution in [0.4, 0.5) is 0 Å². The Kier molecular flexibility index (Phi) is 4.38. The van der Waals surface area contributed by atoms with E-state index in [1.165, 1.54) is 0 Å². The molecule has 0 bridgehead atoms. The molecule has 18 heavy (non-hydrogen) atoms. The van der Waals surface area contributed by atoms with Crippen molar-refractivity contribution in [3.8, 4) is 0 Å². The molecule has 1 atom stereocenters. The Balaban J connectivity index is 2.19. The molecule has 1 aromatic heterocycles. The number of aromatic nitrogens is 1. The fourth-order valence-corrected chi connectivity index (χ4v) is 2.32. The standard InChI is InChI=1S/C14H14BrClN2/c1-9-3-2-4-12(14(9)16)13(17)7-11-6-5-10(15)8-18-11/h2-6,8,13H,7,17H2,1H3. The van der Waals surface area contributed by atoms with Crippen LogP contribution in [0.25, 0.3) is 0 Å². The predicted octanol–water partition coefficient (Wildman–Crippen LogP) is 4.05. The van der Waals surface area contributed by atoms with Crippen molar-refractivity contribution in [1.82, 2.24) is 4.98 Å². The zero-order chi connectivity index (χ0) is 13.1. The topological polar surface area (TPSA) is 38.9 Å². The van der Waals surface area contributed by atoms with E-state index in [2.05, 4.69) is 20.9 Å². The van der Waals surface area contributed by atoms with Crippen molar-refractivity contribution in [3.05, 3.63) is 62.8 Å². The summed E-state index contributed by atoms with van der Waals surface area (Å²) in [5.41, 5.74) is 9.18. The van der Waals surface area contributed by atoms with Crippen LogP contribution in [0, 0.1) is 6.92 Å². The van der Waals surface area contributed by atoms with Crippen LogP contribution < -0.4 is 5.73 Å². The van der Waals surface area contributed by atoms with Gasteiger partial charge in [-0.3, -0.25) is 4.98 Å². The largest absolute Gasteiger partial charge is 0.324 e. The summed E-state index contributed by atoms with van der Waals surface area (Å²) in [6.45, 7) is 1.98. The second-order valence-electron chi connectivity index (χ2n) is 4.26. The number of aryl methyl sites for hydroxylation is 1. The lowest BCUT2D eigenvalue weighted by Gasteiger charge is -2.14. The first-order valence-corrected chi connectivity index (χ1v) is 6.86. The molecule has 0 aliphatic heterocycles. The van der Waals surface area contributed by atoms with Gasteiger partial charge in [0.05, 0.1) is 0 Å². The Morgan fingerprint density at radius 1 is 1.33 bits per heavy atom. The molecule has 2 aromatic rings. The zero-order valence-corrected chi connectivity index (χ0v) is 12.4. The molecule has 1 unspecified atom stereocenters. The van der Waals surface area contributed by atoms with E-state index >= 15 is 0 Å². The highest BCUT2D eigenvalue weighted by Gasteiger charge is 2.12. The molecule has 1 aromatic carbocycles. The highest BCUT2D eigenvalue weighted by molar-refractivity contribution is 9.10. The summed E-state index contributed by atoms with van der Waals surface area (Å²) in [7, 11) is 0. The van der Waals surface area contributed by atoms with E-state index in [0.29, 0.717) is 6.42 Å². The van der Waals surface area contributed by atoms with Crippen LogP contribution >= 0.6 is 27.5 Å². The smallest absolute Gasteiger partial charge is 0.0483 e. The summed E-state index contributed by atoms with van der Waals surface area (Å²) in [6, 6.07) is 9.73. The van der Waals surface area contributed by atoms with Crippen molar-refractivity contribution in [1.29, 1.82) is 0 Å². The van der Waals surface area contributed by atoms with Gasteiger partial charge >= 0.3 is 0 Å². The normalized spacial score (nSPS) is 12.4. The van der Waals surface area contributed by atoms with E-state index in [0.717, 1.165) is 26.3 Å². The van der Waals surface area contributed by atoms with Crippen molar-refractivity contribution >= 4 is 27.5 Å². The van der Waals surface area contributed by atoms with Crippen LogP contribution in [0.15, 0.2) is 41.0 Å². The van der Waals surface area contributed by atoms with E-state index in [4.69, 9.17) is 17.3 Å². The van der Waals surface area contributed by atoms with E-state index in [1.54, 1.807) is 6.20 Å². The molecular weight excluding hydrogens is 312 g/mol. The number of benzene rings is 1. The predicted molar refractivity (Wildman–Crippen MR) is 78.8 cm³/mol. The van der Waals surface area contributed by atoms with Crippen molar-refractivity contribution in [2.75, 3.05) is 0 Å². The molecule has 94 valence electrons. The van der Waals surface area contributed by atoms with E-state index < -0.39 is 0 Å². The van der Waals surface area contributed by atoms with E-state index in [1.807, 2.05) is 37.3 Å². The average molecular weight is 326 g/mol. The van der Waals surface area contributed by atoms with Crippen molar-refractivity contribution in [2.24, 2.45) is 5.73 Å². The number of nitrogens with zero attached hydrogens (tertiary/aromatic N) is 1. The van der Waals surface area contributed by atoms with Gasteiger partial charge in [-0.2, -0.15) is 0 Å². The molecular formula is C14H14BrClN2. The molecule has 0 saturated carbocycles. The molecule has 0 spiro atoms. The Hall–Kier alpha value is -0.900. The number of nitrogens with two attached hydrogens (primary N) is 1. The van der Waals surface area contributed by atoms with Crippen LogP contribution in [-0.4, -0.2) is 4.98 Å².